The molecule has 0 amide bonds. The molecule has 0 aliphatic rings. The van der Waals surface area contributed by atoms with Crippen LogP contribution in [-0.2, 0) is 7.05 Å². The zero-order valence-electron chi connectivity index (χ0n) is 9.87. The first-order chi connectivity index (χ1) is 8.20. The second-order valence-corrected chi connectivity index (χ2v) is 4.80. The van der Waals surface area contributed by atoms with E-state index in [0.29, 0.717) is 0 Å². The Kier molecular flexibility index (Phi) is 3.81. The van der Waals surface area contributed by atoms with Crippen molar-refractivity contribution in [2.24, 2.45) is 7.05 Å². The molecule has 0 aliphatic heterocycles. The summed E-state index contributed by atoms with van der Waals surface area (Å²) in [7, 11) is 1.87. The third kappa shape index (κ3) is 2.87. The lowest BCUT2D eigenvalue weighted by molar-refractivity contribution is 0.173. The summed E-state index contributed by atoms with van der Waals surface area (Å²) >= 11 is 1.56. The normalized spacial score (nSPS) is 12.6. The number of aromatic nitrogens is 3. The molecule has 0 fully saturated rings. The highest BCUT2D eigenvalue weighted by Gasteiger charge is 2.06. The Morgan fingerprint density at radius 3 is 2.59 bits per heavy atom. The van der Waals surface area contributed by atoms with Gasteiger partial charge in [0.2, 0.25) is 0 Å². The molecule has 4 nitrogen and oxygen atoms in total. The molecule has 0 saturated carbocycles. The first-order valence-electron chi connectivity index (χ1n) is 5.50. The average Bonchev–Trinajstić information content (AvgIpc) is 2.75. The van der Waals surface area contributed by atoms with Crippen LogP contribution in [-0.4, -0.2) is 19.9 Å². The van der Waals surface area contributed by atoms with Crippen molar-refractivity contribution in [2.45, 2.75) is 29.5 Å². The lowest BCUT2D eigenvalue weighted by Gasteiger charge is -2.08. The molecular weight excluding hydrogens is 234 g/mol. The summed E-state index contributed by atoms with van der Waals surface area (Å²) in [6, 6.07) is 7.89. The quantitative estimate of drug-likeness (QED) is 0.904. The summed E-state index contributed by atoms with van der Waals surface area (Å²) in [5.74, 6) is 0. The van der Waals surface area contributed by atoms with Crippen LogP contribution in [0, 0.1) is 0 Å². The van der Waals surface area contributed by atoms with Gasteiger partial charge in [-0.05, 0) is 24.1 Å². The fourth-order valence-electron chi connectivity index (χ4n) is 1.48. The van der Waals surface area contributed by atoms with E-state index in [0.717, 1.165) is 22.0 Å². The second kappa shape index (κ2) is 5.33. The first kappa shape index (κ1) is 12.1. The highest BCUT2D eigenvalue weighted by atomic mass is 32.2. The Morgan fingerprint density at radius 1 is 1.35 bits per heavy atom. The average molecular weight is 249 g/mol. The van der Waals surface area contributed by atoms with Crippen molar-refractivity contribution < 1.29 is 5.11 Å². The fourth-order valence-corrected chi connectivity index (χ4v) is 2.24. The molecule has 0 aliphatic carbocycles. The SMILES string of the molecule is CC[C@@H](O)c1ccc(Sc2ncnn2C)cc1. The maximum Gasteiger partial charge on any atom is 0.190 e. The molecule has 1 heterocycles. The molecule has 2 aromatic rings. The summed E-state index contributed by atoms with van der Waals surface area (Å²) in [5.41, 5.74) is 0.954. The van der Waals surface area contributed by atoms with Crippen LogP contribution in [0.5, 0.6) is 0 Å². The van der Waals surface area contributed by atoms with Crippen LogP contribution in [0.2, 0.25) is 0 Å². The largest absolute Gasteiger partial charge is 0.388 e. The van der Waals surface area contributed by atoms with Gasteiger partial charge in [-0.2, -0.15) is 5.10 Å². The van der Waals surface area contributed by atoms with Crippen molar-refractivity contribution in [3.8, 4) is 0 Å². The summed E-state index contributed by atoms with van der Waals surface area (Å²) in [4.78, 5) is 5.24. The Hall–Kier alpha value is -1.33. The van der Waals surface area contributed by atoms with E-state index in [-0.39, 0.29) is 6.10 Å². The lowest BCUT2D eigenvalue weighted by atomic mass is 10.1. The Balaban J connectivity index is 2.11. The predicted molar refractivity (Wildman–Crippen MR) is 66.8 cm³/mol. The molecular formula is C12H15N3OS. The smallest absolute Gasteiger partial charge is 0.190 e. The molecule has 0 radical (unpaired) electrons. The minimum absolute atomic E-state index is 0.371. The molecule has 1 aromatic carbocycles. The number of rotatable bonds is 4. The molecule has 1 N–H and O–H groups in total. The van der Waals surface area contributed by atoms with Gasteiger partial charge in [-0.15, -0.1) is 0 Å². The van der Waals surface area contributed by atoms with Gasteiger partial charge >= 0.3 is 0 Å². The maximum absolute atomic E-state index is 9.69. The van der Waals surface area contributed by atoms with Gasteiger partial charge in [0.1, 0.15) is 6.33 Å². The van der Waals surface area contributed by atoms with Crippen molar-refractivity contribution in [1.29, 1.82) is 0 Å². The van der Waals surface area contributed by atoms with Crippen LogP contribution in [0.15, 0.2) is 40.6 Å². The van der Waals surface area contributed by atoms with E-state index >= 15 is 0 Å². The van der Waals surface area contributed by atoms with E-state index in [1.807, 2.05) is 38.2 Å². The molecule has 0 spiro atoms. The minimum atomic E-state index is -0.371. The van der Waals surface area contributed by atoms with E-state index in [2.05, 4.69) is 10.1 Å². The lowest BCUT2D eigenvalue weighted by Crippen LogP contribution is -1.95. The van der Waals surface area contributed by atoms with Crippen molar-refractivity contribution in [3.05, 3.63) is 36.2 Å². The number of aliphatic hydroxyl groups excluding tert-OH is 1. The highest BCUT2D eigenvalue weighted by Crippen LogP contribution is 2.26. The van der Waals surface area contributed by atoms with Crippen LogP contribution in [0.4, 0.5) is 0 Å². The molecule has 17 heavy (non-hydrogen) atoms. The fraction of sp³-hybridized carbons (Fsp3) is 0.333. The molecule has 0 saturated heterocycles. The molecule has 0 bridgehead atoms. The van der Waals surface area contributed by atoms with Crippen molar-refractivity contribution in [1.82, 2.24) is 14.8 Å². The standard InChI is InChI=1S/C12H15N3OS/c1-3-11(16)9-4-6-10(7-5-9)17-12-13-8-14-15(12)2/h4-8,11,16H,3H2,1-2H3/t11-/m1/s1. The second-order valence-electron chi connectivity index (χ2n) is 3.76. The molecule has 1 atom stereocenters. The topological polar surface area (TPSA) is 50.9 Å². The maximum atomic E-state index is 9.69. The van der Waals surface area contributed by atoms with Crippen LogP contribution in [0.1, 0.15) is 25.0 Å². The summed E-state index contributed by atoms with van der Waals surface area (Å²) in [6.45, 7) is 1.97. The van der Waals surface area contributed by atoms with Crippen molar-refractivity contribution in [2.75, 3.05) is 0 Å². The number of hydrogen-bond donors (Lipinski definition) is 1. The van der Waals surface area contributed by atoms with Gasteiger partial charge < -0.3 is 5.11 Å². The van der Waals surface area contributed by atoms with Crippen LogP contribution >= 0.6 is 11.8 Å². The van der Waals surface area contributed by atoms with Gasteiger partial charge in [0.05, 0.1) is 6.10 Å². The van der Waals surface area contributed by atoms with Crippen molar-refractivity contribution >= 4 is 11.8 Å². The number of hydrogen-bond acceptors (Lipinski definition) is 4. The Bertz CT molecular complexity index is 481. The first-order valence-corrected chi connectivity index (χ1v) is 6.32. The number of aliphatic hydroxyl groups is 1. The Morgan fingerprint density at radius 2 is 2.06 bits per heavy atom. The van der Waals surface area contributed by atoms with Crippen LogP contribution in [0.25, 0.3) is 0 Å². The zero-order chi connectivity index (χ0) is 12.3. The molecule has 0 unspecified atom stereocenters. The predicted octanol–water partition coefficient (Wildman–Crippen LogP) is 2.41. The van der Waals surface area contributed by atoms with Crippen molar-refractivity contribution in [3.63, 3.8) is 0 Å². The van der Waals surface area contributed by atoms with E-state index < -0.39 is 0 Å². The van der Waals surface area contributed by atoms with Gasteiger partial charge in [0, 0.05) is 11.9 Å². The van der Waals surface area contributed by atoms with Crippen LogP contribution in [0.3, 0.4) is 0 Å². The zero-order valence-corrected chi connectivity index (χ0v) is 10.7. The van der Waals surface area contributed by atoms with Gasteiger partial charge in [0.25, 0.3) is 0 Å². The summed E-state index contributed by atoms with van der Waals surface area (Å²) in [6.07, 6.45) is 1.90. The molecule has 2 rings (SSSR count). The third-order valence-corrected chi connectivity index (χ3v) is 3.59. The van der Waals surface area contributed by atoms with Gasteiger partial charge in [0.15, 0.2) is 5.16 Å². The summed E-state index contributed by atoms with van der Waals surface area (Å²) < 4.78 is 1.74. The van der Waals surface area contributed by atoms with Gasteiger partial charge in [-0.25, -0.2) is 9.67 Å². The summed E-state index contributed by atoms with van der Waals surface area (Å²) in [5, 5.41) is 14.6. The number of nitrogens with zero attached hydrogens (tertiary/aromatic N) is 3. The van der Waals surface area contributed by atoms with Crippen LogP contribution < -0.4 is 0 Å². The minimum Gasteiger partial charge on any atom is -0.388 e. The Labute approximate surface area is 105 Å². The van der Waals surface area contributed by atoms with E-state index in [1.54, 1.807) is 16.4 Å². The molecule has 90 valence electrons. The number of benzene rings is 1. The monoisotopic (exact) mass is 249 g/mol. The third-order valence-electron chi connectivity index (χ3n) is 2.53. The van der Waals surface area contributed by atoms with E-state index in [1.165, 1.54) is 6.33 Å². The molecule has 5 heteroatoms. The van der Waals surface area contributed by atoms with Gasteiger partial charge in [-0.3, -0.25) is 0 Å². The highest BCUT2D eigenvalue weighted by molar-refractivity contribution is 7.99. The van der Waals surface area contributed by atoms with E-state index in [4.69, 9.17) is 0 Å². The van der Waals surface area contributed by atoms with E-state index in [9.17, 15) is 5.11 Å². The molecule has 1 aromatic heterocycles. The van der Waals surface area contributed by atoms with Gasteiger partial charge in [-0.1, -0.05) is 30.8 Å². The number of aryl methyl sites for hydroxylation is 1.